The number of aromatic amines is 1. The number of piperidine rings is 1. The second kappa shape index (κ2) is 10.1. The van der Waals surface area contributed by atoms with Crippen molar-refractivity contribution in [3.63, 3.8) is 0 Å². The summed E-state index contributed by atoms with van der Waals surface area (Å²) in [7, 11) is 0. The van der Waals surface area contributed by atoms with Gasteiger partial charge < -0.3 is 15.6 Å². The van der Waals surface area contributed by atoms with E-state index in [1.807, 2.05) is 30.3 Å². The van der Waals surface area contributed by atoms with Gasteiger partial charge in [0.15, 0.2) is 0 Å². The molecule has 3 aromatic rings. The topological polar surface area (TPSA) is 107 Å². The lowest BCUT2D eigenvalue weighted by molar-refractivity contribution is -0.122. The molecule has 0 atom stereocenters. The van der Waals surface area contributed by atoms with Gasteiger partial charge in [0, 0.05) is 42.5 Å². The minimum absolute atomic E-state index is 0.0249. The number of anilines is 1. The van der Waals surface area contributed by atoms with E-state index in [1.54, 1.807) is 11.3 Å². The molecule has 8 nitrogen and oxygen atoms in total. The smallest absolute Gasteiger partial charge is 0.259 e. The number of hydrogen-bond donors (Lipinski definition) is 3. The second-order valence-corrected chi connectivity index (χ2v) is 10.2. The summed E-state index contributed by atoms with van der Waals surface area (Å²) in [6.45, 7) is 1.88. The Kier molecular flexibility index (Phi) is 6.73. The Bertz CT molecular complexity index is 1240. The quantitative estimate of drug-likeness (QED) is 0.483. The van der Waals surface area contributed by atoms with Gasteiger partial charge in [-0.15, -0.1) is 11.3 Å². The number of aromatic nitrogens is 2. The van der Waals surface area contributed by atoms with Crippen LogP contribution in [0.25, 0.3) is 10.2 Å². The Hall–Kier alpha value is -3.04. The van der Waals surface area contributed by atoms with Crippen LogP contribution in [0.3, 0.4) is 0 Å². The molecule has 1 saturated heterocycles. The summed E-state index contributed by atoms with van der Waals surface area (Å²) >= 11 is 1.62. The third-order valence-electron chi connectivity index (χ3n) is 6.59. The molecule has 3 N–H and O–H groups in total. The van der Waals surface area contributed by atoms with E-state index in [4.69, 9.17) is 0 Å². The Balaban J connectivity index is 1.06. The van der Waals surface area contributed by atoms with Crippen LogP contribution in [0.2, 0.25) is 0 Å². The van der Waals surface area contributed by atoms with Crippen molar-refractivity contribution >= 4 is 39.1 Å². The molecule has 0 radical (unpaired) electrons. The Morgan fingerprint density at radius 1 is 1.12 bits per heavy atom. The van der Waals surface area contributed by atoms with Crippen molar-refractivity contribution in [2.75, 3.05) is 25.0 Å². The summed E-state index contributed by atoms with van der Waals surface area (Å²) in [5.41, 5.74) is 1.89. The molecular weight excluding hydrogens is 450 g/mol. The number of thiophene rings is 1. The molecule has 0 saturated carbocycles. The zero-order valence-electron chi connectivity index (χ0n) is 19.1. The van der Waals surface area contributed by atoms with Gasteiger partial charge in [-0.1, -0.05) is 18.2 Å². The van der Waals surface area contributed by atoms with E-state index in [-0.39, 0.29) is 23.4 Å². The van der Waals surface area contributed by atoms with Crippen molar-refractivity contribution in [3.8, 4) is 0 Å². The van der Waals surface area contributed by atoms with Gasteiger partial charge in [0.05, 0.1) is 11.9 Å². The highest BCUT2D eigenvalue weighted by Gasteiger charge is 2.23. The molecule has 0 unspecified atom stereocenters. The Labute approximate surface area is 201 Å². The van der Waals surface area contributed by atoms with E-state index in [0.717, 1.165) is 61.1 Å². The summed E-state index contributed by atoms with van der Waals surface area (Å²) in [5.74, 6) is 0.520. The maximum absolute atomic E-state index is 12.6. The molecule has 2 aliphatic rings. The molecule has 5 rings (SSSR count). The molecule has 1 fully saturated rings. The molecule has 0 bridgehead atoms. The number of benzene rings is 1. The zero-order valence-corrected chi connectivity index (χ0v) is 19.9. The van der Waals surface area contributed by atoms with E-state index in [9.17, 15) is 14.4 Å². The van der Waals surface area contributed by atoms with Gasteiger partial charge in [0.25, 0.3) is 5.56 Å². The third-order valence-corrected chi connectivity index (χ3v) is 7.78. The van der Waals surface area contributed by atoms with Crippen LogP contribution in [-0.2, 0) is 28.9 Å². The number of nitrogens with zero attached hydrogens (tertiary/aromatic N) is 2. The number of para-hydroxylation sites is 1. The predicted molar refractivity (Wildman–Crippen MR) is 133 cm³/mol. The minimum atomic E-state index is -0.0801. The summed E-state index contributed by atoms with van der Waals surface area (Å²) in [5, 5.41) is 6.76. The van der Waals surface area contributed by atoms with Crippen molar-refractivity contribution in [3.05, 3.63) is 57.0 Å². The number of aryl methyl sites for hydroxylation is 3. The average molecular weight is 480 g/mol. The SMILES string of the molecule is O=C(CN1CCC(NC(=O)CCc2nc3sc4c(c3c(=O)[nH]2)CCC4)CC1)Nc1ccccc1. The second-order valence-electron chi connectivity index (χ2n) is 9.08. The molecule has 1 aliphatic carbocycles. The zero-order chi connectivity index (χ0) is 23.5. The number of likely N-dealkylation sites (tertiary alicyclic amines) is 1. The minimum Gasteiger partial charge on any atom is -0.353 e. The summed E-state index contributed by atoms with van der Waals surface area (Å²) in [6.07, 6.45) is 5.43. The van der Waals surface area contributed by atoms with Crippen LogP contribution in [0, 0.1) is 0 Å². The average Bonchev–Trinajstić information content (AvgIpc) is 3.41. The van der Waals surface area contributed by atoms with E-state index in [0.29, 0.717) is 25.2 Å². The maximum Gasteiger partial charge on any atom is 0.259 e. The summed E-state index contributed by atoms with van der Waals surface area (Å²) in [6, 6.07) is 9.55. The molecule has 2 amide bonds. The number of hydrogen-bond acceptors (Lipinski definition) is 6. The Morgan fingerprint density at radius 2 is 1.91 bits per heavy atom. The van der Waals surface area contributed by atoms with Crippen molar-refractivity contribution in [1.82, 2.24) is 20.2 Å². The van der Waals surface area contributed by atoms with Gasteiger partial charge in [-0.25, -0.2) is 4.98 Å². The third kappa shape index (κ3) is 5.20. The number of carbonyl (C=O) groups excluding carboxylic acids is 2. The molecule has 1 aromatic carbocycles. The first-order valence-corrected chi connectivity index (χ1v) is 12.8. The van der Waals surface area contributed by atoms with Gasteiger partial charge in [-0.05, 0) is 49.8 Å². The fraction of sp³-hybridized carbons (Fsp3) is 0.440. The van der Waals surface area contributed by atoms with Crippen molar-refractivity contribution < 1.29 is 9.59 Å². The van der Waals surface area contributed by atoms with Crippen LogP contribution in [0.1, 0.15) is 41.9 Å². The lowest BCUT2D eigenvalue weighted by Crippen LogP contribution is -2.46. The van der Waals surface area contributed by atoms with Crippen LogP contribution >= 0.6 is 11.3 Å². The fourth-order valence-corrected chi connectivity index (χ4v) is 6.14. The van der Waals surface area contributed by atoms with E-state index >= 15 is 0 Å². The number of fused-ring (bicyclic) bond motifs is 3. The standard InChI is InChI=1S/C25H29N5O3S/c31-21(10-9-20-28-24(33)23-18-7-4-8-19(18)34-25(23)29-20)26-17-11-13-30(14-12-17)15-22(32)27-16-5-2-1-3-6-16/h1-3,5-6,17H,4,7-15H2,(H,26,31)(H,27,32)(H,28,29,33). The monoisotopic (exact) mass is 479 g/mol. The normalized spacial score (nSPS) is 16.5. The van der Waals surface area contributed by atoms with Crippen molar-refractivity contribution in [1.29, 1.82) is 0 Å². The van der Waals surface area contributed by atoms with Crippen molar-refractivity contribution in [2.24, 2.45) is 0 Å². The molecule has 0 spiro atoms. The van der Waals surface area contributed by atoms with Gasteiger partial charge in [0.1, 0.15) is 10.7 Å². The first-order valence-electron chi connectivity index (χ1n) is 12.0. The lowest BCUT2D eigenvalue weighted by Gasteiger charge is -2.31. The van der Waals surface area contributed by atoms with Crippen LogP contribution in [0.5, 0.6) is 0 Å². The number of carbonyl (C=O) groups is 2. The number of H-pyrrole nitrogens is 1. The van der Waals surface area contributed by atoms with Crippen LogP contribution in [0.15, 0.2) is 35.1 Å². The molecule has 178 valence electrons. The summed E-state index contributed by atoms with van der Waals surface area (Å²) < 4.78 is 0. The number of rotatable bonds is 7. The highest BCUT2D eigenvalue weighted by molar-refractivity contribution is 7.18. The van der Waals surface area contributed by atoms with E-state index < -0.39 is 0 Å². The summed E-state index contributed by atoms with van der Waals surface area (Å²) in [4.78, 5) is 49.0. The van der Waals surface area contributed by atoms with Gasteiger partial charge in [-0.2, -0.15) is 0 Å². The highest BCUT2D eigenvalue weighted by atomic mass is 32.1. The van der Waals surface area contributed by atoms with Gasteiger partial charge >= 0.3 is 0 Å². The predicted octanol–water partition coefficient (Wildman–Crippen LogP) is 2.63. The largest absolute Gasteiger partial charge is 0.353 e. The first-order chi connectivity index (χ1) is 16.5. The van der Waals surface area contributed by atoms with Gasteiger partial charge in [-0.3, -0.25) is 19.3 Å². The molecule has 1 aliphatic heterocycles. The lowest BCUT2D eigenvalue weighted by atomic mass is 10.0. The van der Waals surface area contributed by atoms with Crippen molar-refractivity contribution in [2.45, 2.75) is 51.0 Å². The number of nitrogens with one attached hydrogen (secondary N) is 3. The molecule has 34 heavy (non-hydrogen) atoms. The molecule has 9 heteroatoms. The first kappa shape index (κ1) is 22.7. The fourth-order valence-electron chi connectivity index (χ4n) is 4.86. The molecule has 3 heterocycles. The van der Waals surface area contributed by atoms with Gasteiger partial charge in [0.2, 0.25) is 11.8 Å². The van der Waals surface area contributed by atoms with Crippen LogP contribution < -0.4 is 16.2 Å². The van der Waals surface area contributed by atoms with Crippen LogP contribution in [0.4, 0.5) is 5.69 Å². The van der Waals surface area contributed by atoms with Crippen LogP contribution in [-0.4, -0.2) is 52.4 Å². The highest BCUT2D eigenvalue weighted by Crippen LogP contribution is 2.34. The van der Waals surface area contributed by atoms with E-state index in [1.165, 1.54) is 10.4 Å². The molecule has 2 aromatic heterocycles. The Morgan fingerprint density at radius 3 is 2.71 bits per heavy atom. The number of amides is 2. The van der Waals surface area contributed by atoms with E-state index in [2.05, 4.69) is 25.5 Å². The molecular formula is C25H29N5O3S. The maximum atomic E-state index is 12.6.